The summed E-state index contributed by atoms with van der Waals surface area (Å²) in [5, 5.41) is 14.3. The highest BCUT2D eigenvalue weighted by molar-refractivity contribution is 8.00. The Kier molecular flexibility index (Phi) is 6.63. The number of nitrogens with one attached hydrogen (secondary N) is 1. The molecule has 8 heteroatoms. The van der Waals surface area contributed by atoms with E-state index < -0.39 is 0 Å². The van der Waals surface area contributed by atoms with Crippen molar-refractivity contribution >= 4 is 29.0 Å². The summed E-state index contributed by atoms with van der Waals surface area (Å²) >= 11 is 3.11. The zero-order valence-corrected chi connectivity index (χ0v) is 17.3. The van der Waals surface area contributed by atoms with Crippen molar-refractivity contribution in [3.05, 3.63) is 47.6 Å². The normalized spacial score (nSPS) is 12.3. The van der Waals surface area contributed by atoms with Crippen LogP contribution in [0.5, 0.6) is 0 Å². The number of thiophene rings is 1. The molecule has 0 spiro atoms. The number of hydrogen-bond acceptors (Lipinski definition) is 6. The third-order valence-corrected chi connectivity index (χ3v) is 6.45. The van der Waals surface area contributed by atoms with Gasteiger partial charge in [0.2, 0.25) is 5.91 Å². The number of carbonyl (C=O) groups is 1. The molecular formula is C19H23N5OS2. The first-order chi connectivity index (χ1) is 13.1. The van der Waals surface area contributed by atoms with Crippen LogP contribution >= 0.6 is 23.1 Å². The second-order valence-electron chi connectivity index (χ2n) is 6.39. The van der Waals surface area contributed by atoms with E-state index in [-0.39, 0.29) is 17.1 Å². The van der Waals surface area contributed by atoms with Gasteiger partial charge in [0.05, 0.1) is 10.1 Å². The monoisotopic (exact) mass is 401 g/mol. The molecule has 3 aromatic rings. The van der Waals surface area contributed by atoms with Gasteiger partial charge in [-0.2, -0.15) is 0 Å². The minimum absolute atomic E-state index is 0.00202. The smallest absolute Gasteiger partial charge is 0.234 e. The number of aromatic nitrogens is 4. The Morgan fingerprint density at radius 3 is 2.78 bits per heavy atom. The van der Waals surface area contributed by atoms with Gasteiger partial charge in [0.1, 0.15) is 0 Å². The Morgan fingerprint density at radius 2 is 2.15 bits per heavy atom. The second kappa shape index (κ2) is 9.14. The van der Waals surface area contributed by atoms with E-state index in [1.807, 2.05) is 43.5 Å². The van der Waals surface area contributed by atoms with Crippen LogP contribution < -0.4 is 5.32 Å². The van der Waals surface area contributed by atoms with Gasteiger partial charge in [0.15, 0.2) is 11.0 Å². The third kappa shape index (κ3) is 4.75. The van der Waals surface area contributed by atoms with Crippen molar-refractivity contribution < 1.29 is 4.79 Å². The van der Waals surface area contributed by atoms with Crippen LogP contribution in [0.15, 0.2) is 47.2 Å². The van der Waals surface area contributed by atoms with Gasteiger partial charge < -0.3 is 9.88 Å². The summed E-state index contributed by atoms with van der Waals surface area (Å²) in [4.78, 5) is 18.0. The molecule has 0 unspecified atom stereocenters. The van der Waals surface area contributed by atoms with Crippen LogP contribution in [-0.4, -0.2) is 30.9 Å². The number of amides is 1. The number of nitrogens with zero attached hydrogens (tertiary/aromatic N) is 4. The first-order valence-electron chi connectivity index (χ1n) is 8.90. The van der Waals surface area contributed by atoms with Crippen LogP contribution in [0.3, 0.4) is 0 Å². The standard InChI is InChI=1S/C19H23N5OS2/c1-4-24-17(15-8-6-10-26-15)22-23-19(24)27-16(13(2)3)18(25)21-12-14-7-5-9-20-11-14/h5-11,13,16H,4,12H2,1-3H3,(H,21,25)/t16-/m1/s1. The molecule has 6 nitrogen and oxygen atoms in total. The van der Waals surface area contributed by atoms with E-state index in [4.69, 9.17) is 0 Å². The van der Waals surface area contributed by atoms with Crippen molar-refractivity contribution in [1.29, 1.82) is 0 Å². The highest BCUT2D eigenvalue weighted by Crippen LogP contribution is 2.31. The van der Waals surface area contributed by atoms with Crippen molar-refractivity contribution in [2.75, 3.05) is 0 Å². The number of rotatable bonds is 8. The topological polar surface area (TPSA) is 72.7 Å². The number of thioether (sulfide) groups is 1. The molecule has 1 N–H and O–H groups in total. The molecule has 0 saturated heterocycles. The molecule has 0 saturated carbocycles. The van der Waals surface area contributed by atoms with Crippen LogP contribution in [0, 0.1) is 5.92 Å². The molecule has 0 aliphatic carbocycles. The molecule has 1 atom stereocenters. The molecule has 0 radical (unpaired) electrons. The fourth-order valence-corrected chi connectivity index (χ4v) is 4.49. The summed E-state index contributed by atoms with van der Waals surface area (Å²) in [6.07, 6.45) is 3.49. The quantitative estimate of drug-likeness (QED) is 0.580. The zero-order chi connectivity index (χ0) is 19.2. The lowest BCUT2D eigenvalue weighted by molar-refractivity contribution is -0.121. The molecule has 0 aliphatic heterocycles. The van der Waals surface area contributed by atoms with Crippen LogP contribution in [0.2, 0.25) is 0 Å². The summed E-state index contributed by atoms with van der Waals surface area (Å²) in [5.41, 5.74) is 0.982. The molecular weight excluding hydrogens is 378 g/mol. The maximum atomic E-state index is 12.8. The Bertz CT molecular complexity index is 862. The summed E-state index contributed by atoms with van der Waals surface area (Å²) in [7, 11) is 0. The fraction of sp³-hybridized carbons (Fsp3) is 0.368. The first-order valence-corrected chi connectivity index (χ1v) is 10.7. The molecule has 0 bridgehead atoms. The minimum Gasteiger partial charge on any atom is -0.351 e. The van der Waals surface area contributed by atoms with Gasteiger partial charge in [-0.25, -0.2) is 0 Å². The lowest BCUT2D eigenvalue weighted by Crippen LogP contribution is -2.35. The van der Waals surface area contributed by atoms with Gasteiger partial charge in [-0.05, 0) is 35.9 Å². The van der Waals surface area contributed by atoms with Gasteiger partial charge in [0.25, 0.3) is 0 Å². The van der Waals surface area contributed by atoms with Crippen molar-refractivity contribution in [3.8, 4) is 10.7 Å². The average Bonchev–Trinajstić information content (AvgIpc) is 3.33. The van der Waals surface area contributed by atoms with Crippen molar-refractivity contribution in [2.45, 2.75) is 44.3 Å². The summed E-state index contributed by atoms with van der Waals surface area (Å²) in [5.74, 6) is 1.02. The summed E-state index contributed by atoms with van der Waals surface area (Å²) in [6.45, 7) is 7.39. The van der Waals surface area contributed by atoms with Gasteiger partial charge in [-0.15, -0.1) is 21.5 Å². The molecule has 1 amide bonds. The Morgan fingerprint density at radius 1 is 1.30 bits per heavy atom. The van der Waals surface area contributed by atoms with Gasteiger partial charge in [0, 0.05) is 25.5 Å². The average molecular weight is 402 g/mol. The lowest BCUT2D eigenvalue weighted by Gasteiger charge is -2.19. The molecule has 0 fully saturated rings. The zero-order valence-electron chi connectivity index (χ0n) is 15.6. The second-order valence-corrected chi connectivity index (χ2v) is 8.45. The van der Waals surface area contributed by atoms with Crippen LogP contribution in [0.25, 0.3) is 10.7 Å². The highest BCUT2D eigenvalue weighted by atomic mass is 32.2. The largest absolute Gasteiger partial charge is 0.351 e. The Hall–Kier alpha value is -2.19. The minimum atomic E-state index is -0.243. The maximum Gasteiger partial charge on any atom is 0.234 e. The van der Waals surface area contributed by atoms with Gasteiger partial charge in [-0.3, -0.25) is 9.78 Å². The predicted octanol–water partition coefficient (Wildman–Crippen LogP) is 3.85. The summed E-state index contributed by atoms with van der Waals surface area (Å²) < 4.78 is 2.07. The van der Waals surface area contributed by atoms with Gasteiger partial charge in [-0.1, -0.05) is 37.7 Å². The van der Waals surface area contributed by atoms with Crippen molar-refractivity contribution in [3.63, 3.8) is 0 Å². The van der Waals surface area contributed by atoms with E-state index >= 15 is 0 Å². The lowest BCUT2D eigenvalue weighted by atomic mass is 10.1. The van der Waals surface area contributed by atoms with Crippen LogP contribution in [0.1, 0.15) is 26.3 Å². The molecule has 3 heterocycles. The number of pyridine rings is 1. The third-order valence-electron chi connectivity index (χ3n) is 4.06. The predicted molar refractivity (Wildman–Crippen MR) is 110 cm³/mol. The maximum absolute atomic E-state index is 12.8. The van der Waals surface area contributed by atoms with E-state index in [1.54, 1.807) is 23.7 Å². The molecule has 0 aromatic carbocycles. The van der Waals surface area contributed by atoms with E-state index in [9.17, 15) is 4.79 Å². The molecule has 0 aliphatic rings. The SMILES string of the molecule is CCn1c(S[C@@H](C(=O)NCc2cccnc2)C(C)C)nnc1-c1cccs1. The van der Waals surface area contributed by atoms with E-state index in [0.717, 1.165) is 28.0 Å². The number of carbonyl (C=O) groups excluding carboxylic acids is 1. The highest BCUT2D eigenvalue weighted by Gasteiger charge is 2.26. The Labute approximate surface area is 167 Å². The number of hydrogen-bond donors (Lipinski definition) is 1. The fourth-order valence-electron chi connectivity index (χ4n) is 2.65. The Balaban J connectivity index is 1.73. The van der Waals surface area contributed by atoms with Crippen molar-refractivity contribution in [2.24, 2.45) is 5.92 Å². The molecule has 142 valence electrons. The van der Waals surface area contributed by atoms with Crippen LogP contribution in [-0.2, 0) is 17.9 Å². The van der Waals surface area contributed by atoms with E-state index in [1.165, 1.54) is 11.8 Å². The first kappa shape index (κ1) is 19.6. The van der Waals surface area contributed by atoms with Crippen molar-refractivity contribution in [1.82, 2.24) is 25.1 Å². The van der Waals surface area contributed by atoms with E-state index in [2.05, 4.69) is 32.0 Å². The van der Waals surface area contributed by atoms with Crippen LogP contribution in [0.4, 0.5) is 0 Å². The summed E-state index contributed by atoms with van der Waals surface area (Å²) in [6, 6.07) is 7.86. The molecule has 3 aromatic heterocycles. The molecule has 27 heavy (non-hydrogen) atoms. The van der Waals surface area contributed by atoms with Gasteiger partial charge >= 0.3 is 0 Å². The molecule has 3 rings (SSSR count). The van der Waals surface area contributed by atoms with E-state index in [0.29, 0.717) is 6.54 Å².